The largest absolute Gasteiger partial charge is 0.497 e. The molecule has 0 N–H and O–H groups in total. The molecule has 3 aliphatic rings. The molecule has 0 aromatic heterocycles. The zero-order valence-corrected chi connectivity index (χ0v) is 23.8. The molecule has 6 rings (SSSR count). The summed E-state index contributed by atoms with van der Waals surface area (Å²) in [4.78, 5) is 46.0. The highest BCUT2D eigenvalue weighted by Gasteiger charge is 2.72. The van der Waals surface area contributed by atoms with Crippen LogP contribution >= 0.6 is 11.6 Å². The lowest BCUT2D eigenvalue weighted by molar-refractivity contribution is -0.127. The van der Waals surface area contributed by atoms with E-state index in [0.717, 1.165) is 11.3 Å². The fourth-order valence-corrected chi connectivity index (χ4v) is 7.00. The summed E-state index contributed by atoms with van der Waals surface area (Å²) < 4.78 is 11.4. The average Bonchev–Trinajstić information content (AvgIpc) is 3.37. The number of ether oxygens (including phenoxy) is 2. The van der Waals surface area contributed by atoms with Crippen molar-refractivity contribution in [2.75, 3.05) is 19.1 Å². The predicted octanol–water partition coefficient (Wildman–Crippen LogP) is 6.41. The highest BCUT2D eigenvalue weighted by Crippen LogP contribution is 2.62. The first-order valence-electron chi connectivity index (χ1n) is 13.3. The molecule has 1 fully saturated rings. The van der Waals surface area contributed by atoms with Crippen LogP contribution in [0.2, 0.25) is 5.02 Å². The fraction of sp³-hybridized carbons (Fsp3) is 0.303. The number of halogens is 1. The number of Topliss-reactive ketones (excluding diaryl/α,β-unsaturated/α-hetero) is 3. The van der Waals surface area contributed by atoms with Crippen LogP contribution < -0.4 is 14.4 Å². The molecule has 2 heterocycles. The number of ketones is 3. The van der Waals surface area contributed by atoms with Crippen molar-refractivity contribution in [2.45, 2.75) is 38.8 Å². The lowest BCUT2D eigenvalue weighted by Crippen LogP contribution is -2.49. The van der Waals surface area contributed by atoms with Gasteiger partial charge in [0.15, 0.2) is 17.3 Å². The van der Waals surface area contributed by atoms with Crippen molar-refractivity contribution in [3.63, 3.8) is 0 Å². The summed E-state index contributed by atoms with van der Waals surface area (Å²) in [5.41, 5.74) is 0.507. The summed E-state index contributed by atoms with van der Waals surface area (Å²) in [6, 6.07) is 16.2. The number of hydrogen-bond acceptors (Lipinski definition) is 6. The summed E-state index contributed by atoms with van der Waals surface area (Å²) in [6.45, 7) is 5.60. The topological polar surface area (TPSA) is 72.9 Å². The summed E-state index contributed by atoms with van der Waals surface area (Å²) >= 11 is 6.36. The van der Waals surface area contributed by atoms with Crippen molar-refractivity contribution < 1.29 is 23.9 Å². The van der Waals surface area contributed by atoms with E-state index in [0.29, 0.717) is 33.2 Å². The summed E-state index contributed by atoms with van der Waals surface area (Å²) in [5, 5.41) is 0.556. The fourth-order valence-electron chi connectivity index (χ4n) is 6.82. The minimum Gasteiger partial charge on any atom is -0.497 e. The Morgan fingerprint density at radius 2 is 1.60 bits per heavy atom. The third kappa shape index (κ3) is 3.45. The van der Waals surface area contributed by atoms with E-state index in [1.54, 1.807) is 62.8 Å². The number of rotatable bonds is 4. The van der Waals surface area contributed by atoms with Crippen LogP contribution in [0.3, 0.4) is 0 Å². The monoisotopic (exact) mass is 555 g/mol. The van der Waals surface area contributed by atoms with Gasteiger partial charge in [-0.3, -0.25) is 14.4 Å². The third-order valence-electron chi connectivity index (χ3n) is 8.55. The Bertz CT molecular complexity index is 1580. The average molecular weight is 556 g/mol. The molecule has 0 amide bonds. The van der Waals surface area contributed by atoms with Gasteiger partial charge in [-0.2, -0.15) is 0 Å². The molecule has 2 aliphatic heterocycles. The van der Waals surface area contributed by atoms with E-state index in [4.69, 9.17) is 21.1 Å². The Balaban J connectivity index is 1.74. The van der Waals surface area contributed by atoms with Crippen LogP contribution in [-0.4, -0.2) is 43.7 Å². The van der Waals surface area contributed by atoms with Crippen LogP contribution in [-0.2, 0) is 4.79 Å². The quantitative estimate of drug-likeness (QED) is 0.347. The molecule has 1 saturated heterocycles. The van der Waals surface area contributed by atoms with Gasteiger partial charge in [0.2, 0.25) is 0 Å². The van der Waals surface area contributed by atoms with Crippen molar-refractivity contribution in [2.24, 2.45) is 10.8 Å². The van der Waals surface area contributed by atoms with Crippen molar-refractivity contribution in [1.82, 2.24) is 0 Å². The lowest BCUT2D eigenvalue weighted by Gasteiger charge is -2.38. The second-order valence-corrected chi connectivity index (χ2v) is 12.1. The Hall–Kier alpha value is -3.90. The van der Waals surface area contributed by atoms with E-state index in [1.165, 1.54) is 0 Å². The molecule has 204 valence electrons. The van der Waals surface area contributed by atoms with Gasteiger partial charge in [-0.15, -0.1) is 0 Å². The van der Waals surface area contributed by atoms with Gasteiger partial charge in [-0.1, -0.05) is 68.8 Å². The van der Waals surface area contributed by atoms with Crippen LogP contribution in [0.15, 0.2) is 66.7 Å². The molecule has 3 atom stereocenters. The zero-order chi connectivity index (χ0) is 28.6. The van der Waals surface area contributed by atoms with Gasteiger partial charge in [0.1, 0.15) is 16.9 Å². The molecular formula is C33H30ClNO5. The minimum atomic E-state index is -1.61. The van der Waals surface area contributed by atoms with Gasteiger partial charge in [0, 0.05) is 38.7 Å². The molecule has 3 aromatic rings. The van der Waals surface area contributed by atoms with Crippen molar-refractivity contribution in [3.05, 3.63) is 94.0 Å². The lowest BCUT2D eigenvalue weighted by atomic mass is 9.63. The number of carbonyl (C=O) groups is 3. The number of anilines is 1. The van der Waals surface area contributed by atoms with E-state index in [-0.39, 0.29) is 17.3 Å². The third-order valence-corrected chi connectivity index (χ3v) is 8.78. The standard InChI is InChI=1S/C33H30ClNO5/c1-32(2,3)31(38)28-27(23-17-20(39-4)12-14-25(23)40-5)33(29(36)21-8-6-7-9-22(21)30(33)37)26-15-10-18-16-19(34)11-13-24(18)35(26)28/h6-17,26-28H,1-5H3/t26-,27-,28-/m1/s1. The summed E-state index contributed by atoms with van der Waals surface area (Å²) in [5.74, 6) is -0.511. The van der Waals surface area contributed by atoms with Crippen LogP contribution in [0.1, 0.15) is 58.5 Å². The molecule has 0 saturated carbocycles. The highest BCUT2D eigenvalue weighted by molar-refractivity contribution is 6.32. The van der Waals surface area contributed by atoms with Gasteiger partial charge in [0.25, 0.3) is 0 Å². The number of hydrogen-bond donors (Lipinski definition) is 0. The van der Waals surface area contributed by atoms with Crippen LogP contribution in [0.25, 0.3) is 6.08 Å². The second kappa shape index (κ2) is 9.07. The van der Waals surface area contributed by atoms with Crippen LogP contribution in [0.4, 0.5) is 5.69 Å². The first-order valence-corrected chi connectivity index (χ1v) is 13.6. The van der Waals surface area contributed by atoms with Crippen molar-refractivity contribution in [3.8, 4) is 11.5 Å². The number of carbonyl (C=O) groups excluding carboxylic acids is 3. The van der Waals surface area contributed by atoms with E-state index in [9.17, 15) is 14.4 Å². The molecule has 0 radical (unpaired) electrons. The second-order valence-electron chi connectivity index (χ2n) is 11.6. The number of benzene rings is 3. The maximum atomic E-state index is 14.7. The van der Waals surface area contributed by atoms with Crippen LogP contribution in [0.5, 0.6) is 11.5 Å². The van der Waals surface area contributed by atoms with E-state index in [2.05, 4.69) is 0 Å². The van der Waals surface area contributed by atoms with E-state index >= 15 is 0 Å². The van der Waals surface area contributed by atoms with Gasteiger partial charge >= 0.3 is 0 Å². The van der Waals surface area contributed by atoms with Gasteiger partial charge < -0.3 is 14.4 Å². The Kier molecular flexibility index (Phi) is 5.97. The van der Waals surface area contributed by atoms with Gasteiger partial charge in [-0.05, 0) is 42.0 Å². The number of methoxy groups -OCH3 is 2. The molecule has 1 aliphatic carbocycles. The first-order chi connectivity index (χ1) is 19.0. The van der Waals surface area contributed by atoms with Crippen molar-refractivity contribution in [1.29, 1.82) is 0 Å². The highest BCUT2D eigenvalue weighted by atomic mass is 35.5. The Morgan fingerprint density at radius 3 is 2.20 bits per heavy atom. The SMILES string of the molecule is COc1ccc(OC)c([C@@H]2[C@H](C(=O)C(C)(C)C)N3c4ccc(Cl)cc4C=C[C@@H]3C23C(=O)c2ccccc2C3=O)c1. The van der Waals surface area contributed by atoms with Gasteiger partial charge in [-0.25, -0.2) is 0 Å². The normalized spacial score (nSPS) is 22.2. The van der Waals surface area contributed by atoms with Crippen LogP contribution in [0, 0.1) is 10.8 Å². The van der Waals surface area contributed by atoms with E-state index in [1.807, 2.05) is 50.0 Å². The first kappa shape index (κ1) is 26.3. The summed E-state index contributed by atoms with van der Waals surface area (Å²) in [7, 11) is 3.10. The maximum absolute atomic E-state index is 14.7. The molecule has 3 aromatic carbocycles. The number of fused-ring (bicyclic) bond motifs is 5. The molecule has 40 heavy (non-hydrogen) atoms. The Labute approximate surface area is 238 Å². The molecule has 1 spiro atoms. The molecule has 0 bridgehead atoms. The summed E-state index contributed by atoms with van der Waals surface area (Å²) in [6.07, 6.45) is 3.79. The molecule has 6 nitrogen and oxygen atoms in total. The molecule has 7 heteroatoms. The zero-order valence-electron chi connectivity index (χ0n) is 23.0. The molecular weight excluding hydrogens is 526 g/mol. The van der Waals surface area contributed by atoms with Crippen molar-refractivity contribution >= 4 is 40.7 Å². The molecule has 0 unspecified atom stereocenters. The van der Waals surface area contributed by atoms with E-state index < -0.39 is 28.8 Å². The Morgan fingerprint density at radius 1 is 0.925 bits per heavy atom. The smallest absolute Gasteiger partial charge is 0.180 e. The predicted molar refractivity (Wildman–Crippen MR) is 155 cm³/mol. The maximum Gasteiger partial charge on any atom is 0.180 e. The minimum absolute atomic E-state index is 0.0861. The number of nitrogens with zero attached hydrogens (tertiary/aromatic N) is 1. The van der Waals surface area contributed by atoms with Gasteiger partial charge in [0.05, 0.1) is 26.3 Å².